The van der Waals surface area contributed by atoms with Gasteiger partial charge in [0.1, 0.15) is 5.75 Å². The molecule has 19 heavy (non-hydrogen) atoms. The van der Waals surface area contributed by atoms with E-state index in [2.05, 4.69) is 4.90 Å². The fraction of sp³-hybridized carbons (Fsp3) is 0.533. The molecule has 0 aliphatic carbocycles. The third-order valence-corrected chi connectivity index (χ3v) is 3.66. The third-order valence-electron chi connectivity index (χ3n) is 3.66. The van der Waals surface area contributed by atoms with Crippen molar-refractivity contribution in [3.8, 4) is 5.75 Å². The minimum atomic E-state index is 0.303. The van der Waals surface area contributed by atoms with Crippen LogP contribution < -0.4 is 10.5 Å². The van der Waals surface area contributed by atoms with Crippen LogP contribution in [0.3, 0.4) is 0 Å². The van der Waals surface area contributed by atoms with Crippen molar-refractivity contribution in [2.75, 3.05) is 26.2 Å². The van der Waals surface area contributed by atoms with Gasteiger partial charge in [0.2, 0.25) is 0 Å². The SMILES string of the molecule is N=C(N)C1CCN(CCCOc2ccccc2)CC1. The summed E-state index contributed by atoms with van der Waals surface area (Å²) in [5.74, 6) is 1.60. The molecule has 0 spiro atoms. The zero-order chi connectivity index (χ0) is 13.5. The van der Waals surface area contributed by atoms with Gasteiger partial charge in [-0.25, -0.2) is 0 Å². The third kappa shape index (κ3) is 4.56. The van der Waals surface area contributed by atoms with Crippen molar-refractivity contribution < 1.29 is 4.74 Å². The molecule has 0 radical (unpaired) electrons. The van der Waals surface area contributed by atoms with E-state index < -0.39 is 0 Å². The van der Waals surface area contributed by atoms with Crippen LogP contribution in [0.1, 0.15) is 19.3 Å². The van der Waals surface area contributed by atoms with Gasteiger partial charge in [0.15, 0.2) is 0 Å². The average Bonchev–Trinajstić information content (AvgIpc) is 2.45. The zero-order valence-corrected chi connectivity index (χ0v) is 11.3. The Morgan fingerprint density at radius 3 is 2.58 bits per heavy atom. The molecule has 3 N–H and O–H groups in total. The number of ether oxygens (including phenoxy) is 1. The van der Waals surface area contributed by atoms with Crippen LogP contribution in [0.15, 0.2) is 30.3 Å². The van der Waals surface area contributed by atoms with Crippen LogP contribution >= 0.6 is 0 Å². The lowest BCUT2D eigenvalue weighted by atomic mass is 9.96. The standard InChI is InChI=1S/C15H23N3O/c16-15(17)13-7-10-18(11-8-13)9-4-12-19-14-5-2-1-3-6-14/h1-3,5-6,13H,4,7-12H2,(H3,16,17). The Morgan fingerprint density at radius 1 is 1.26 bits per heavy atom. The molecule has 0 aromatic heterocycles. The number of amidine groups is 1. The lowest BCUT2D eigenvalue weighted by Crippen LogP contribution is -2.39. The van der Waals surface area contributed by atoms with E-state index in [4.69, 9.17) is 15.9 Å². The van der Waals surface area contributed by atoms with Gasteiger partial charge in [-0.1, -0.05) is 18.2 Å². The number of likely N-dealkylation sites (tertiary alicyclic amines) is 1. The molecule has 4 nitrogen and oxygen atoms in total. The van der Waals surface area contributed by atoms with Crippen LogP contribution in [0.25, 0.3) is 0 Å². The van der Waals surface area contributed by atoms with Crippen LogP contribution in [0.2, 0.25) is 0 Å². The van der Waals surface area contributed by atoms with Gasteiger partial charge in [-0.15, -0.1) is 0 Å². The van der Waals surface area contributed by atoms with Gasteiger partial charge in [-0.3, -0.25) is 5.41 Å². The highest BCUT2D eigenvalue weighted by molar-refractivity contribution is 5.79. The quantitative estimate of drug-likeness (QED) is 0.468. The topological polar surface area (TPSA) is 62.3 Å². The molecule has 1 aliphatic heterocycles. The first-order valence-corrected chi connectivity index (χ1v) is 7.00. The monoisotopic (exact) mass is 261 g/mol. The van der Waals surface area contributed by atoms with Crippen LogP contribution in [0.4, 0.5) is 0 Å². The molecule has 0 atom stereocenters. The molecule has 2 rings (SSSR count). The van der Waals surface area contributed by atoms with E-state index in [1.54, 1.807) is 0 Å². The van der Waals surface area contributed by atoms with Crippen LogP contribution in [0, 0.1) is 11.3 Å². The maximum Gasteiger partial charge on any atom is 0.119 e. The fourth-order valence-corrected chi connectivity index (χ4v) is 2.46. The number of nitrogens with one attached hydrogen (secondary N) is 1. The van der Waals surface area contributed by atoms with Crippen LogP contribution in [-0.2, 0) is 0 Å². The maximum atomic E-state index is 7.46. The molecule has 1 aromatic rings. The second-order valence-corrected chi connectivity index (χ2v) is 5.09. The molecule has 0 saturated carbocycles. The molecule has 1 fully saturated rings. The Hall–Kier alpha value is -1.55. The molecular weight excluding hydrogens is 238 g/mol. The lowest BCUT2D eigenvalue weighted by Gasteiger charge is -2.31. The number of piperidine rings is 1. The van der Waals surface area contributed by atoms with Crippen molar-refractivity contribution in [3.63, 3.8) is 0 Å². The van der Waals surface area contributed by atoms with E-state index in [0.717, 1.165) is 51.3 Å². The highest BCUT2D eigenvalue weighted by Crippen LogP contribution is 2.17. The maximum absolute atomic E-state index is 7.46. The molecule has 4 heteroatoms. The van der Waals surface area contributed by atoms with Crippen molar-refractivity contribution in [2.24, 2.45) is 11.7 Å². The predicted octanol–water partition coefficient (Wildman–Crippen LogP) is 2.10. The van der Waals surface area contributed by atoms with Crippen LogP contribution in [0.5, 0.6) is 5.75 Å². The molecule has 104 valence electrons. The van der Waals surface area contributed by atoms with Crippen molar-refractivity contribution in [3.05, 3.63) is 30.3 Å². The number of hydrogen-bond donors (Lipinski definition) is 2. The van der Waals surface area contributed by atoms with Gasteiger partial charge in [0.25, 0.3) is 0 Å². The van der Waals surface area contributed by atoms with Gasteiger partial charge in [-0.2, -0.15) is 0 Å². The first-order valence-electron chi connectivity index (χ1n) is 7.00. The lowest BCUT2D eigenvalue weighted by molar-refractivity contribution is 0.190. The van der Waals surface area contributed by atoms with Crippen molar-refractivity contribution >= 4 is 5.84 Å². The number of para-hydroxylation sites is 1. The van der Waals surface area contributed by atoms with E-state index in [1.807, 2.05) is 30.3 Å². The van der Waals surface area contributed by atoms with Gasteiger partial charge in [-0.05, 0) is 44.5 Å². The summed E-state index contributed by atoms with van der Waals surface area (Å²) in [6.45, 7) is 3.93. The molecule has 1 aliphatic rings. The number of nitrogens with two attached hydrogens (primary N) is 1. The summed E-state index contributed by atoms with van der Waals surface area (Å²) in [5.41, 5.74) is 5.54. The molecule has 1 saturated heterocycles. The summed E-state index contributed by atoms with van der Waals surface area (Å²) in [5, 5.41) is 7.46. The summed E-state index contributed by atoms with van der Waals surface area (Å²) >= 11 is 0. The van der Waals surface area contributed by atoms with E-state index in [9.17, 15) is 0 Å². The summed E-state index contributed by atoms with van der Waals surface area (Å²) in [6.07, 6.45) is 3.09. The Morgan fingerprint density at radius 2 is 1.95 bits per heavy atom. The predicted molar refractivity (Wildman–Crippen MR) is 77.6 cm³/mol. The second-order valence-electron chi connectivity index (χ2n) is 5.09. The summed E-state index contributed by atoms with van der Waals surface area (Å²) < 4.78 is 5.68. The van der Waals surface area contributed by atoms with Gasteiger partial charge >= 0.3 is 0 Å². The second kappa shape index (κ2) is 7.14. The Kier molecular flexibility index (Phi) is 5.21. The zero-order valence-electron chi connectivity index (χ0n) is 11.3. The Bertz CT molecular complexity index is 386. The van der Waals surface area contributed by atoms with Gasteiger partial charge in [0, 0.05) is 12.5 Å². The van der Waals surface area contributed by atoms with E-state index in [-0.39, 0.29) is 0 Å². The highest BCUT2D eigenvalue weighted by Gasteiger charge is 2.20. The van der Waals surface area contributed by atoms with E-state index >= 15 is 0 Å². The normalized spacial score (nSPS) is 17.3. The minimum absolute atomic E-state index is 0.303. The summed E-state index contributed by atoms with van der Waals surface area (Å²) in [4.78, 5) is 2.44. The van der Waals surface area contributed by atoms with Gasteiger partial charge < -0.3 is 15.4 Å². The molecule has 0 amide bonds. The van der Waals surface area contributed by atoms with Crippen LogP contribution in [-0.4, -0.2) is 37.0 Å². The highest BCUT2D eigenvalue weighted by atomic mass is 16.5. The number of benzene rings is 1. The smallest absolute Gasteiger partial charge is 0.119 e. The van der Waals surface area contributed by atoms with Crippen molar-refractivity contribution in [1.82, 2.24) is 4.90 Å². The van der Waals surface area contributed by atoms with E-state index in [0.29, 0.717) is 11.8 Å². The number of nitrogens with zero attached hydrogens (tertiary/aromatic N) is 1. The molecule has 0 unspecified atom stereocenters. The van der Waals surface area contributed by atoms with Crippen molar-refractivity contribution in [2.45, 2.75) is 19.3 Å². The Balaban J connectivity index is 1.58. The molecule has 0 bridgehead atoms. The molecule has 1 aromatic carbocycles. The molecular formula is C15H23N3O. The van der Waals surface area contributed by atoms with E-state index in [1.165, 1.54) is 0 Å². The van der Waals surface area contributed by atoms with Gasteiger partial charge in [0.05, 0.1) is 12.4 Å². The summed E-state index contributed by atoms with van der Waals surface area (Å²) in [6, 6.07) is 9.94. The fourth-order valence-electron chi connectivity index (χ4n) is 2.46. The number of hydrogen-bond acceptors (Lipinski definition) is 3. The first kappa shape index (κ1) is 13.9. The first-order chi connectivity index (χ1) is 9.25. The van der Waals surface area contributed by atoms with Crippen molar-refractivity contribution in [1.29, 1.82) is 5.41 Å². The number of rotatable bonds is 6. The minimum Gasteiger partial charge on any atom is -0.494 e. The summed E-state index contributed by atoms with van der Waals surface area (Å²) in [7, 11) is 0. The Labute approximate surface area is 115 Å². The average molecular weight is 261 g/mol. The largest absolute Gasteiger partial charge is 0.494 e. The molecule has 1 heterocycles.